The number of ether oxygens (including phenoxy) is 1. The van der Waals surface area contributed by atoms with Crippen LogP contribution in [0.25, 0.3) is 0 Å². The maximum Gasteiger partial charge on any atom is 0.244 e. The highest BCUT2D eigenvalue weighted by atomic mass is 32.2. The first-order valence-electron chi connectivity index (χ1n) is 14.7. The van der Waals surface area contributed by atoms with E-state index < -0.39 is 28.7 Å². The van der Waals surface area contributed by atoms with Gasteiger partial charge in [0.1, 0.15) is 11.8 Å². The quantitative estimate of drug-likeness (QED) is 0.315. The molecule has 0 aromatic heterocycles. The lowest BCUT2D eigenvalue weighted by Crippen LogP contribution is -2.59. The highest BCUT2D eigenvalue weighted by molar-refractivity contribution is 8.02. The Morgan fingerprint density at radius 1 is 1.18 bits per heavy atom. The van der Waals surface area contributed by atoms with Crippen molar-refractivity contribution in [3.63, 3.8) is 0 Å². The number of likely N-dealkylation sites (tertiary alicyclic amines) is 1. The fourth-order valence-corrected chi connectivity index (χ4v) is 9.35. The molecule has 1 aromatic rings. The molecule has 9 heteroatoms. The van der Waals surface area contributed by atoms with Gasteiger partial charge in [0.2, 0.25) is 17.7 Å². The van der Waals surface area contributed by atoms with Crippen molar-refractivity contribution < 1.29 is 24.2 Å². The summed E-state index contributed by atoms with van der Waals surface area (Å²) in [5, 5.41) is 16.6. The van der Waals surface area contributed by atoms with Gasteiger partial charge in [-0.25, -0.2) is 0 Å². The van der Waals surface area contributed by atoms with Crippen molar-refractivity contribution in [3.8, 4) is 5.75 Å². The minimum atomic E-state index is -0.712. The van der Waals surface area contributed by atoms with Gasteiger partial charge >= 0.3 is 0 Å². The van der Waals surface area contributed by atoms with Crippen LogP contribution in [0.4, 0.5) is 5.69 Å². The fourth-order valence-electron chi connectivity index (χ4n) is 6.94. The summed E-state index contributed by atoms with van der Waals surface area (Å²) in [6.45, 7) is 11.1. The Hall–Kier alpha value is -2.26. The summed E-state index contributed by atoms with van der Waals surface area (Å²) in [4.78, 5) is 43.7. The standard InChI is InChI=1S/C30H45N3O5S/c1-6-9-10-15-31-28(36)26-30-19(5)16-23(39-30)24(25(30)29(37)33(26)22(17-34)18(4)7-2)27(35)32-20-11-13-21(14-12-20)38-8-3/h11-14,18-19,22-26,34H,6-10,15-17H2,1-5H3,(H,31,36)(H,32,35)/t18-,19?,22-,23+,24-,25-,26?,30?/m0/s1. The zero-order chi connectivity index (χ0) is 28.3. The van der Waals surface area contributed by atoms with Crippen molar-refractivity contribution in [3.05, 3.63) is 24.3 Å². The molecule has 0 saturated carbocycles. The molecule has 1 spiro atoms. The largest absolute Gasteiger partial charge is 0.494 e. The highest BCUT2D eigenvalue weighted by Crippen LogP contribution is 2.69. The summed E-state index contributed by atoms with van der Waals surface area (Å²) in [7, 11) is 0. The number of anilines is 1. The number of aliphatic hydroxyl groups excluding tert-OH is 1. The molecule has 1 aromatic carbocycles. The Kier molecular flexibility index (Phi) is 9.53. The van der Waals surface area contributed by atoms with E-state index in [1.54, 1.807) is 16.7 Å². The fraction of sp³-hybridized carbons (Fsp3) is 0.700. The molecule has 3 aliphatic heterocycles. The van der Waals surface area contributed by atoms with Crippen LogP contribution in [0.2, 0.25) is 0 Å². The van der Waals surface area contributed by atoms with Crippen LogP contribution in [0.3, 0.4) is 0 Å². The van der Waals surface area contributed by atoms with Crippen molar-refractivity contribution in [2.75, 3.05) is 25.1 Å². The number of carbonyl (C=O) groups excluding carboxylic acids is 3. The summed E-state index contributed by atoms with van der Waals surface area (Å²) in [6, 6.07) is 6.06. The molecular weight excluding hydrogens is 514 g/mol. The van der Waals surface area contributed by atoms with Gasteiger partial charge in [-0.2, -0.15) is 0 Å². The van der Waals surface area contributed by atoms with Gasteiger partial charge in [0.05, 0.1) is 35.8 Å². The summed E-state index contributed by atoms with van der Waals surface area (Å²) < 4.78 is 4.82. The van der Waals surface area contributed by atoms with Crippen molar-refractivity contribution in [1.29, 1.82) is 0 Å². The van der Waals surface area contributed by atoms with E-state index in [-0.39, 0.29) is 41.4 Å². The molecule has 3 saturated heterocycles. The van der Waals surface area contributed by atoms with Crippen LogP contribution in [0.1, 0.15) is 66.7 Å². The Bertz CT molecular complexity index is 1040. The van der Waals surface area contributed by atoms with Gasteiger partial charge in [-0.3, -0.25) is 14.4 Å². The molecule has 3 N–H and O–H groups in total. The lowest BCUT2D eigenvalue weighted by Gasteiger charge is -2.41. The molecule has 2 bridgehead atoms. The Morgan fingerprint density at radius 3 is 2.51 bits per heavy atom. The molecule has 8 nitrogen and oxygen atoms in total. The number of benzene rings is 1. The maximum absolute atomic E-state index is 14.3. The first-order valence-corrected chi connectivity index (χ1v) is 15.5. The number of amides is 3. The molecule has 39 heavy (non-hydrogen) atoms. The normalized spacial score (nSPS) is 30.7. The van der Waals surface area contributed by atoms with E-state index in [9.17, 15) is 19.5 Å². The van der Waals surface area contributed by atoms with Crippen LogP contribution < -0.4 is 15.4 Å². The van der Waals surface area contributed by atoms with Crippen LogP contribution in [0, 0.1) is 23.7 Å². The highest BCUT2D eigenvalue weighted by Gasteiger charge is 2.76. The number of aliphatic hydroxyl groups is 1. The predicted molar refractivity (Wildman–Crippen MR) is 155 cm³/mol. The number of carbonyl (C=O) groups is 3. The third-order valence-corrected chi connectivity index (χ3v) is 11.2. The molecule has 216 valence electrons. The summed E-state index contributed by atoms with van der Waals surface area (Å²) in [5.74, 6) is -0.829. The minimum Gasteiger partial charge on any atom is -0.494 e. The van der Waals surface area contributed by atoms with Crippen LogP contribution in [0.15, 0.2) is 24.3 Å². The molecule has 3 heterocycles. The van der Waals surface area contributed by atoms with Gasteiger partial charge in [-0.15, -0.1) is 11.8 Å². The second-order valence-corrected chi connectivity index (χ2v) is 12.9. The Labute approximate surface area is 237 Å². The number of hydrogen-bond donors (Lipinski definition) is 3. The SMILES string of the molecule is CCCCCNC(=O)C1N([C@@H](CO)[C@@H](C)CC)C(=O)[C@@H]2[C@@H](C(=O)Nc3ccc(OCC)cc3)[C@H]3CC(C)C12S3. The first-order chi connectivity index (χ1) is 18.7. The summed E-state index contributed by atoms with van der Waals surface area (Å²) in [6.07, 6.45) is 4.50. The van der Waals surface area contributed by atoms with Crippen molar-refractivity contribution in [1.82, 2.24) is 10.2 Å². The topological polar surface area (TPSA) is 108 Å². The molecule has 4 rings (SSSR count). The molecule has 0 aliphatic carbocycles. The molecule has 0 radical (unpaired) electrons. The van der Waals surface area contributed by atoms with Gasteiger partial charge in [0.15, 0.2) is 0 Å². The van der Waals surface area contributed by atoms with Crippen LogP contribution in [-0.4, -0.2) is 69.6 Å². The van der Waals surface area contributed by atoms with E-state index in [4.69, 9.17) is 4.74 Å². The van der Waals surface area contributed by atoms with Gasteiger partial charge < -0.3 is 25.4 Å². The number of hydrogen-bond acceptors (Lipinski definition) is 6. The number of unbranched alkanes of at least 4 members (excludes halogenated alkanes) is 2. The third-order valence-electron chi connectivity index (χ3n) is 9.09. The average molecular weight is 560 g/mol. The van der Waals surface area contributed by atoms with E-state index in [0.717, 1.165) is 37.9 Å². The second-order valence-electron chi connectivity index (χ2n) is 11.4. The van der Waals surface area contributed by atoms with Crippen LogP contribution in [-0.2, 0) is 14.4 Å². The van der Waals surface area contributed by atoms with Crippen molar-refractivity contribution >= 4 is 35.2 Å². The molecule has 3 fully saturated rings. The first kappa shape index (κ1) is 29.7. The Balaban J connectivity index is 1.66. The number of nitrogens with zero attached hydrogens (tertiary/aromatic N) is 1. The van der Waals surface area contributed by atoms with E-state index >= 15 is 0 Å². The van der Waals surface area contributed by atoms with E-state index in [1.165, 1.54) is 0 Å². The smallest absolute Gasteiger partial charge is 0.244 e. The van der Waals surface area contributed by atoms with Crippen LogP contribution >= 0.6 is 11.8 Å². The molecule has 3 amide bonds. The van der Waals surface area contributed by atoms with E-state index in [1.807, 2.05) is 45.0 Å². The number of fused-ring (bicyclic) bond motifs is 1. The van der Waals surface area contributed by atoms with Gasteiger partial charge in [0, 0.05) is 17.5 Å². The van der Waals surface area contributed by atoms with E-state index in [2.05, 4.69) is 24.5 Å². The summed E-state index contributed by atoms with van der Waals surface area (Å²) in [5.41, 5.74) is 0.652. The van der Waals surface area contributed by atoms with Gasteiger partial charge in [-0.05, 0) is 55.9 Å². The average Bonchev–Trinajstić information content (AvgIpc) is 3.52. The number of nitrogens with one attached hydrogen (secondary N) is 2. The number of thioether (sulfide) groups is 1. The van der Waals surface area contributed by atoms with Gasteiger partial charge in [-0.1, -0.05) is 47.0 Å². The molecule has 3 aliphatic rings. The lowest BCUT2D eigenvalue weighted by molar-refractivity contribution is -0.143. The van der Waals surface area contributed by atoms with Crippen molar-refractivity contribution in [2.45, 2.75) is 88.8 Å². The molecule has 8 atom stereocenters. The maximum atomic E-state index is 14.3. The second kappa shape index (κ2) is 12.5. The van der Waals surface area contributed by atoms with E-state index in [0.29, 0.717) is 18.8 Å². The Morgan fingerprint density at radius 2 is 1.90 bits per heavy atom. The summed E-state index contributed by atoms with van der Waals surface area (Å²) >= 11 is 1.66. The van der Waals surface area contributed by atoms with Crippen molar-refractivity contribution in [2.24, 2.45) is 23.7 Å². The van der Waals surface area contributed by atoms with Crippen LogP contribution in [0.5, 0.6) is 5.75 Å². The lowest BCUT2D eigenvalue weighted by atomic mass is 9.66. The van der Waals surface area contributed by atoms with Gasteiger partial charge in [0.25, 0.3) is 0 Å². The zero-order valence-corrected chi connectivity index (χ0v) is 24.8. The third kappa shape index (κ3) is 5.29. The monoisotopic (exact) mass is 559 g/mol. The molecule has 3 unspecified atom stereocenters. The number of rotatable bonds is 13. The minimum absolute atomic E-state index is 0.0122. The zero-order valence-electron chi connectivity index (χ0n) is 23.9. The predicted octanol–water partition coefficient (Wildman–Crippen LogP) is 4.07. The molecular formula is C30H45N3O5S.